The maximum absolute atomic E-state index is 13.6. The molecule has 1 fully saturated rings. The number of esters is 1. The number of rotatable bonds is 5. The summed E-state index contributed by atoms with van der Waals surface area (Å²) in [6.07, 6.45) is 18.2. The largest absolute Gasteiger partial charge is 0.505 e. The Morgan fingerprint density at radius 3 is 2.49 bits per heavy atom. The molecule has 3 amide bonds. The fourth-order valence-electron chi connectivity index (χ4n) is 6.49. The first-order valence-corrected chi connectivity index (χ1v) is 18.7. The van der Waals surface area contributed by atoms with Crippen LogP contribution in [0.3, 0.4) is 0 Å². The summed E-state index contributed by atoms with van der Waals surface area (Å²) in [6.45, 7) is 3.65. The summed E-state index contributed by atoms with van der Waals surface area (Å²) in [7, 11) is 1.51. The summed E-state index contributed by atoms with van der Waals surface area (Å²) in [5, 5.41) is 31.4. The molecule has 1 saturated carbocycles. The van der Waals surface area contributed by atoms with E-state index in [9.17, 15) is 29.4 Å². The molecule has 1 aromatic rings. The molecule has 0 aromatic heterocycles. The Morgan fingerprint density at radius 1 is 1.00 bits per heavy atom. The Labute approximate surface area is 303 Å². The third kappa shape index (κ3) is 9.81. The van der Waals surface area contributed by atoms with Crippen molar-refractivity contribution < 1.29 is 38.9 Å². The highest BCUT2D eigenvalue weighted by molar-refractivity contribution is 8.00. The van der Waals surface area contributed by atoms with Crippen LogP contribution >= 0.6 is 11.8 Å². The molecule has 0 spiro atoms. The maximum atomic E-state index is 13.6. The molecule has 5 rings (SSSR count). The van der Waals surface area contributed by atoms with E-state index in [4.69, 9.17) is 9.47 Å². The Balaban J connectivity index is 1.39. The molecule has 1 aromatic carbocycles. The van der Waals surface area contributed by atoms with Gasteiger partial charge in [-0.3, -0.25) is 14.4 Å². The van der Waals surface area contributed by atoms with E-state index in [1.165, 1.54) is 18.9 Å². The second-order valence-electron chi connectivity index (χ2n) is 13.7. The van der Waals surface area contributed by atoms with Gasteiger partial charge in [0, 0.05) is 35.5 Å². The van der Waals surface area contributed by atoms with Crippen LogP contribution in [0, 0.1) is 5.92 Å². The molecule has 2 aliphatic carbocycles. The molecule has 4 unspecified atom stereocenters. The van der Waals surface area contributed by atoms with Gasteiger partial charge in [-0.25, -0.2) is 4.79 Å². The van der Waals surface area contributed by atoms with Crippen LogP contribution in [0.1, 0.15) is 77.2 Å². The fraction of sp³-hybridized carbons (Fsp3) is 0.487. The number of phenols is 1. The number of aromatic hydroxyl groups is 1. The number of amides is 3. The minimum absolute atomic E-state index is 0.00600. The third-order valence-electron chi connectivity index (χ3n) is 9.84. The number of thioether (sulfide) groups is 1. The predicted molar refractivity (Wildman–Crippen MR) is 197 cm³/mol. The van der Waals surface area contributed by atoms with Crippen molar-refractivity contribution in [2.75, 3.05) is 23.5 Å². The van der Waals surface area contributed by atoms with Crippen molar-refractivity contribution >= 4 is 46.8 Å². The zero-order chi connectivity index (χ0) is 36.5. The van der Waals surface area contributed by atoms with Crippen LogP contribution < -0.4 is 16.0 Å². The number of carbonyl (C=O) groups is 4. The van der Waals surface area contributed by atoms with Gasteiger partial charge in [0.1, 0.15) is 17.4 Å². The number of methoxy groups -OCH3 is 1. The highest BCUT2D eigenvalue weighted by atomic mass is 32.2. The second kappa shape index (κ2) is 17.4. The molecular weight excluding hydrogens is 671 g/mol. The smallest absolute Gasteiger partial charge is 0.332 e. The van der Waals surface area contributed by atoms with Gasteiger partial charge in [-0.05, 0) is 69.9 Å². The molecule has 11 nitrogen and oxygen atoms in total. The number of carbonyl (C=O) groups excluding carboxylic acids is 4. The van der Waals surface area contributed by atoms with Gasteiger partial charge >= 0.3 is 5.97 Å². The summed E-state index contributed by atoms with van der Waals surface area (Å²) >= 11 is 1.32. The number of fused-ring (bicyclic) bond motifs is 4. The minimum Gasteiger partial charge on any atom is -0.505 e. The topological polar surface area (TPSA) is 163 Å². The number of hydrogen-bond acceptors (Lipinski definition) is 9. The number of hydrogen-bond donors (Lipinski definition) is 5. The molecular formula is C39H49N3O8S. The molecule has 0 radical (unpaired) electrons. The van der Waals surface area contributed by atoms with Crippen molar-refractivity contribution in [1.29, 1.82) is 0 Å². The van der Waals surface area contributed by atoms with Gasteiger partial charge in [-0.15, -0.1) is 11.8 Å². The van der Waals surface area contributed by atoms with Crippen molar-refractivity contribution in [3.63, 3.8) is 0 Å². The maximum Gasteiger partial charge on any atom is 0.332 e. The van der Waals surface area contributed by atoms with Crippen molar-refractivity contribution in [3.05, 3.63) is 71.4 Å². The van der Waals surface area contributed by atoms with Crippen molar-refractivity contribution in [3.8, 4) is 5.75 Å². The van der Waals surface area contributed by atoms with Crippen LogP contribution in [0.25, 0.3) is 0 Å². The number of aliphatic hydroxyl groups is 1. The SMILES string of the molecule is COC1C=C/C=C\C=C/CC(OC(=O)C2(NC(=O)C3=CCCCC3)CC2)C(C)C(O)/C(C)=C\CCc2c(O)c(cc3c2SCC(=O)N3)NC(=O)C1. The van der Waals surface area contributed by atoms with E-state index in [1.54, 1.807) is 30.4 Å². The van der Waals surface area contributed by atoms with Crippen molar-refractivity contribution in [2.24, 2.45) is 5.92 Å². The number of nitrogens with one attached hydrogen (secondary N) is 3. The third-order valence-corrected chi connectivity index (χ3v) is 11.0. The molecule has 4 atom stereocenters. The molecule has 2 heterocycles. The van der Waals surface area contributed by atoms with Gasteiger partial charge in [0.15, 0.2) is 0 Å². The van der Waals surface area contributed by atoms with Crippen LogP contribution in [-0.2, 0) is 35.1 Å². The average molecular weight is 720 g/mol. The Kier molecular flexibility index (Phi) is 13.0. The van der Waals surface area contributed by atoms with Crippen LogP contribution in [0.4, 0.5) is 11.4 Å². The van der Waals surface area contributed by atoms with Gasteiger partial charge in [0.2, 0.25) is 17.7 Å². The van der Waals surface area contributed by atoms with E-state index in [2.05, 4.69) is 16.0 Å². The summed E-state index contributed by atoms with van der Waals surface area (Å²) in [5.41, 5.74) is 1.61. The molecule has 51 heavy (non-hydrogen) atoms. The number of ether oxygens (including phenoxy) is 2. The van der Waals surface area contributed by atoms with Crippen LogP contribution in [0.5, 0.6) is 5.75 Å². The Bertz CT molecular complexity index is 1660. The summed E-state index contributed by atoms with van der Waals surface area (Å²) in [4.78, 5) is 52.6. The van der Waals surface area contributed by atoms with Gasteiger partial charge in [-0.1, -0.05) is 55.5 Å². The highest BCUT2D eigenvalue weighted by Gasteiger charge is 2.54. The molecule has 0 saturated heterocycles. The molecule has 2 bridgehead atoms. The lowest BCUT2D eigenvalue weighted by Crippen LogP contribution is -2.47. The number of benzene rings is 1. The minimum atomic E-state index is -1.05. The fourth-order valence-corrected chi connectivity index (χ4v) is 7.48. The van der Waals surface area contributed by atoms with Crippen molar-refractivity contribution in [1.82, 2.24) is 5.32 Å². The Morgan fingerprint density at radius 2 is 1.76 bits per heavy atom. The summed E-state index contributed by atoms with van der Waals surface area (Å²) in [5.74, 6) is -1.63. The lowest BCUT2D eigenvalue weighted by Gasteiger charge is -2.30. The van der Waals surface area contributed by atoms with Crippen molar-refractivity contribution in [2.45, 2.75) is 107 Å². The molecule has 12 heteroatoms. The van der Waals surface area contributed by atoms with E-state index in [0.717, 1.165) is 29.7 Å². The first kappa shape index (κ1) is 38.1. The summed E-state index contributed by atoms with van der Waals surface area (Å²) in [6, 6.07) is 1.57. The number of aliphatic hydroxyl groups excluding tert-OH is 1. The first-order chi connectivity index (χ1) is 24.5. The number of anilines is 2. The van der Waals surface area contributed by atoms with E-state index in [-0.39, 0.29) is 41.3 Å². The lowest BCUT2D eigenvalue weighted by atomic mass is 9.90. The van der Waals surface area contributed by atoms with E-state index in [0.29, 0.717) is 55.3 Å². The standard InChI is InChI=1S/C39H49N3O8S/c1-24-13-12-17-28-35(46)29(22-30-36(28)51-23-33(44)41-30)40-32(43)21-27(49-3)16-10-5-4-6-11-18-31(25(2)34(24)45)50-38(48)39(19-20-39)42-37(47)26-14-8-7-9-15-26/h4-6,10-11,13-14,16,22,25,27,31,34,45-46H,7-9,12,15,17-21,23H2,1-3H3,(H,40,43)(H,41,44)(H,42,47)/b5-4-,11-6-,16-10?,24-13-. The van der Waals surface area contributed by atoms with E-state index < -0.39 is 35.7 Å². The van der Waals surface area contributed by atoms with Gasteiger partial charge < -0.3 is 35.6 Å². The van der Waals surface area contributed by atoms with Crippen LogP contribution in [0.15, 0.2) is 70.7 Å². The molecule has 5 N–H and O–H groups in total. The van der Waals surface area contributed by atoms with Gasteiger partial charge in [0.25, 0.3) is 0 Å². The monoisotopic (exact) mass is 719 g/mol. The average Bonchev–Trinajstić information content (AvgIpc) is 3.91. The van der Waals surface area contributed by atoms with E-state index >= 15 is 0 Å². The highest BCUT2D eigenvalue weighted by Crippen LogP contribution is 2.44. The lowest BCUT2D eigenvalue weighted by molar-refractivity contribution is -0.158. The summed E-state index contributed by atoms with van der Waals surface area (Å²) < 4.78 is 11.6. The molecule has 2 aliphatic heterocycles. The normalized spacial score (nSPS) is 27.8. The predicted octanol–water partition coefficient (Wildman–Crippen LogP) is 5.79. The second-order valence-corrected chi connectivity index (χ2v) is 14.7. The van der Waals surface area contributed by atoms with Gasteiger partial charge in [0.05, 0.1) is 35.8 Å². The van der Waals surface area contributed by atoms with Crippen LogP contribution in [0.2, 0.25) is 0 Å². The quantitative estimate of drug-likeness (QED) is 0.110. The van der Waals surface area contributed by atoms with Gasteiger partial charge in [-0.2, -0.15) is 0 Å². The molecule has 274 valence electrons. The zero-order valence-corrected chi connectivity index (χ0v) is 30.4. The van der Waals surface area contributed by atoms with E-state index in [1.807, 2.05) is 38.2 Å². The zero-order valence-electron chi connectivity index (χ0n) is 29.5. The number of allylic oxidation sites excluding steroid dienone is 6. The first-order valence-electron chi connectivity index (χ1n) is 17.7. The number of phenolic OH excluding ortho intramolecular Hbond substituents is 1. The van der Waals surface area contributed by atoms with Crippen LogP contribution in [-0.4, -0.2) is 70.6 Å². The molecule has 4 aliphatic rings. The Hall–Kier alpha value is -4.13.